The minimum Gasteiger partial charge on any atom is -0.311 e. The summed E-state index contributed by atoms with van der Waals surface area (Å²) in [6.07, 6.45) is 1.14. The van der Waals surface area contributed by atoms with E-state index in [2.05, 4.69) is 40.0 Å². The molecule has 0 aromatic heterocycles. The first-order valence-electron chi connectivity index (χ1n) is 6.94. The van der Waals surface area contributed by atoms with E-state index < -0.39 is 0 Å². The fraction of sp³-hybridized carbons (Fsp3) is 0.571. The summed E-state index contributed by atoms with van der Waals surface area (Å²) in [6.45, 7) is 8.75. The van der Waals surface area contributed by atoms with Crippen LogP contribution >= 0.6 is 15.9 Å². The highest BCUT2D eigenvalue weighted by molar-refractivity contribution is 9.10. The molecule has 0 unspecified atom stereocenters. The van der Waals surface area contributed by atoms with Gasteiger partial charge in [-0.3, -0.25) is 10.1 Å². The summed E-state index contributed by atoms with van der Waals surface area (Å²) < 4.78 is 0.862. The Labute approximate surface area is 128 Å². The molecule has 0 spiro atoms. The van der Waals surface area contributed by atoms with Crippen molar-refractivity contribution in [3.63, 3.8) is 0 Å². The highest BCUT2D eigenvalue weighted by Gasteiger charge is 2.13. The molecule has 20 heavy (non-hydrogen) atoms. The maximum atomic E-state index is 11.0. The van der Waals surface area contributed by atoms with Gasteiger partial charge in [-0.2, -0.15) is 0 Å². The molecule has 0 radical (unpaired) electrons. The van der Waals surface area contributed by atoms with E-state index in [1.54, 1.807) is 12.1 Å². The van der Waals surface area contributed by atoms with Crippen LogP contribution in [0.2, 0.25) is 0 Å². The Hall–Kier alpha value is -0.980. The molecule has 0 bridgehead atoms. The number of halogens is 1. The van der Waals surface area contributed by atoms with E-state index in [0.29, 0.717) is 12.1 Å². The monoisotopic (exact) mass is 343 g/mol. The Morgan fingerprint density at radius 3 is 2.70 bits per heavy atom. The van der Waals surface area contributed by atoms with E-state index >= 15 is 0 Å². The van der Waals surface area contributed by atoms with Crippen molar-refractivity contribution in [2.45, 2.75) is 26.8 Å². The van der Waals surface area contributed by atoms with Crippen molar-refractivity contribution >= 4 is 21.6 Å². The van der Waals surface area contributed by atoms with Gasteiger partial charge in [-0.1, -0.05) is 29.8 Å². The van der Waals surface area contributed by atoms with E-state index in [-0.39, 0.29) is 10.6 Å². The Kier molecular flexibility index (Phi) is 7.72. The molecule has 0 atom stereocenters. The average Bonchev–Trinajstić information content (AvgIpc) is 2.42. The molecule has 6 heteroatoms. The Morgan fingerprint density at radius 2 is 2.10 bits per heavy atom. The second-order valence-electron chi connectivity index (χ2n) is 4.64. The van der Waals surface area contributed by atoms with Crippen molar-refractivity contribution in [1.82, 2.24) is 10.2 Å². The van der Waals surface area contributed by atoms with Gasteiger partial charge in [0.25, 0.3) is 5.69 Å². The molecule has 5 nitrogen and oxygen atoms in total. The molecule has 0 aliphatic heterocycles. The maximum absolute atomic E-state index is 11.0. The summed E-state index contributed by atoms with van der Waals surface area (Å²) in [5, 5.41) is 14.2. The third-order valence-electron chi connectivity index (χ3n) is 3.15. The van der Waals surface area contributed by atoms with Crippen LogP contribution in [0.25, 0.3) is 0 Å². The fourth-order valence-electron chi connectivity index (χ4n) is 2.08. The largest absolute Gasteiger partial charge is 0.311 e. The molecule has 0 aliphatic carbocycles. The minimum atomic E-state index is -0.334. The molecule has 0 saturated carbocycles. The molecule has 0 fully saturated rings. The Bertz CT molecular complexity index is 440. The summed E-state index contributed by atoms with van der Waals surface area (Å²) in [5.74, 6) is 0. The predicted molar refractivity (Wildman–Crippen MR) is 84.9 cm³/mol. The van der Waals surface area contributed by atoms with Gasteiger partial charge < -0.3 is 10.2 Å². The van der Waals surface area contributed by atoms with Crippen LogP contribution in [0.1, 0.15) is 25.8 Å². The van der Waals surface area contributed by atoms with Gasteiger partial charge in [0.05, 0.1) is 4.92 Å². The maximum Gasteiger partial charge on any atom is 0.273 e. The van der Waals surface area contributed by atoms with E-state index in [1.165, 1.54) is 6.07 Å². The number of nitrogens with one attached hydrogen (secondary N) is 1. The molecule has 1 aromatic carbocycles. The van der Waals surface area contributed by atoms with Crippen molar-refractivity contribution in [1.29, 1.82) is 0 Å². The highest BCUT2D eigenvalue weighted by Crippen LogP contribution is 2.22. The molecule has 0 heterocycles. The lowest BCUT2D eigenvalue weighted by Gasteiger charge is -2.19. The smallest absolute Gasteiger partial charge is 0.273 e. The summed E-state index contributed by atoms with van der Waals surface area (Å²) >= 11 is 3.35. The number of hydrogen-bond acceptors (Lipinski definition) is 4. The molecular formula is C14H22BrN3O2. The number of likely N-dealkylation sites (N-methyl/N-ethyl adjacent to an activating group) is 1. The number of nitro benzene ring substituents is 1. The molecule has 0 aliphatic rings. The third-order valence-corrected chi connectivity index (χ3v) is 3.64. The molecule has 0 amide bonds. The predicted octanol–water partition coefficient (Wildman–Crippen LogP) is 3.18. The zero-order valence-corrected chi connectivity index (χ0v) is 13.6. The lowest BCUT2D eigenvalue weighted by atomic mass is 10.2. The SMILES string of the molecule is CCCN(CC)CCNCc1cc(Br)ccc1[N+](=O)[O-]. The van der Waals surface area contributed by atoms with Gasteiger partial charge in [0, 0.05) is 35.7 Å². The number of nitro groups is 1. The van der Waals surface area contributed by atoms with Crippen LogP contribution < -0.4 is 5.32 Å². The first-order chi connectivity index (χ1) is 9.58. The summed E-state index contributed by atoms with van der Waals surface area (Å²) in [7, 11) is 0. The van der Waals surface area contributed by atoms with Gasteiger partial charge in [-0.05, 0) is 31.6 Å². The van der Waals surface area contributed by atoms with Crippen LogP contribution in [0, 0.1) is 10.1 Å². The number of nitrogens with zero attached hydrogens (tertiary/aromatic N) is 2. The summed E-state index contributed by atoms with van der Waals surface area (Å²) in [6, 6.07) is 5.03. The zero-order chi connectivity index (χ0) is 15.0. The van der Waals surface area contributed by atoms with E-state index in [9.17, 15) is 10.1 Å². The van der Waals surface area contributed by atoms with Crippen LogP contribution in [0.15, 0.2) is 22.7 Å². The highest BCUT2D eigenvalue weighted by atomic mass is 79.9. The van der Waals surface area contributed by atoms with Crippen LogP contribution in [-0.4, -0.2) is 36.0 Å². The number of benzene rings is 1. The zero-order valence-electron chi connectivity index (χ0n) is 12.1. The Morgan fingerprint density at radius 1 is 1.35 bits per heavy atom. The van der Waals surface area contributed by atoms with Gasteiger partial charge in [0.2, 0.25) is 0 Å². The molecule has 0 saturated heterocycles. The summed E-state index contributed by atoms with van der Waals surface area (Å²) in [5.41, 5.74) is 0.879. The van der Waals surface area contributed by atoms with Crippen LogP contribution in [0.3, 0.4) is 0 Å². The van der Waals surface area contributed by atoms with Crippen LogP contribution in [-0.2, 0) is 6.54 Å². The van der Waals surface area contributed by atoms with Crippen molar-refractivity contribution in [2.75, 3.05) is 26.2 Å². The van der Waals surface area contributed by atoms with E-state index in [0.717, 1.165) is 37.1 Å². The number of hydrogen-bond donors (Lipinski definition) is 1. The van der Waals surface area contributed by atoms with E-state index in [4.69, 9.17) is 0 Å². The first-order valence-corrected chi connectivity index (χ1v) is 7.73. The van der Waals surface area contributed by atoms with Gasteiger partial charge in [-0.15, -0.1) is 0 Å². The average molecular weight is 344 g/mol. The third kappa shape index (κ3) is 5.56. The minimum absolute atomic E-state index is 0.168. The summed E-state index contributed by atoms with van der Waals surface area (Å²) in [4.78, 5) is 13.0. The topological polar surface area (TPSA) is 58.4 Å². The van der Waals surface area contributed by atoms with Gasteiger partial charge in [0.1, 0.15) is 0 Å². The standard InChI is InChI=1S/C14H22BrN3O2/c1-3-8-17(4-2)9-7-16-11-12-10-13(15)5-6-14(12)18(19)20/h5-6,10,16H,3-4,7-9,11H2,1-2H3. The molecule has 112 valence electrons. The molecule has 1 N–H and O–H groups in total. The van der Waals surface area contributed by atoms with Crippen LogP contribution in [0.4, 0.5) is 5.69 Å². The number of rotatable bonds is 9. The quantitative estimate of drug-likeness (QED) is 0.425. The second-order valence-corrected chi connectivity index (χ2v) is 5.56. The molecule has 1 aromatic rings. The molecular weight excluding hydrogens is 322 g/mol. The fourth-order valence-corrected chi connectivity index (χ4v) is 2.49. The van der Waals surface area contributed by atoms with Crippen LogP contribution in [0.5, 0.6) is 0 Å². The normalized spacial score (nSPS) is 11.0. The van der Waals surface area contributed by atoms with Crippen molar-refractivity contribution in [2.24, 2.45) is 0 Å². The second kappa shape index (κ2) is 9.05. The van der Waals surface area contributed by atoms with Crippen molar-refractivity contribution in [3.05, 3.63) is 38.3 Å². The van der Waals surface area contributed by atoms with Crippen molar-refractivity contribution in [3.8, 4) is 0 Å². The lowest BCUT2D eigenvalue weighted by Crippen LogP contribution is -2.32. The van der Waals surface area contributed by atoms with Gasteiger partial charge in [-0.25, -0.2) is 0 Å². The van der Waals surface area contributed by atoms with E-state index in [1.807, 2.05) is 0 Å². The molecule has 1 rings (SSSR count). The van der Waals surface area contributed by atoms with Gasteiger partial charge >= 0.3 is 0 Å². The van der Waals surface area contributed by atoms with Crippen molar-refractivity contribution < 1.29 is 4.92 Å². The lowest BCUT2D eigenvalue weighted by molar-refractivity contribution is -0.385. The first kappa shape index (κ1) is 17.1. The Balaban J connectivity index is 2.49. The van der Waals surface area contributed by atoms with Gasteiger partial charge in [0.15, 0.2) is 0 Å².